The quantitative estimate of drug-likeness (QED) is 0.653. The Morgan fingerprint density at radius 3 is 2.89 bits per heavy atom. The molecule has 98 valence electrons. The minimum atomic E-state index is -0.288. The summed E-state index contributed by atoms with van der Waals surface area (Å²) in [6.45, 7) is 2.39. The molecule has 0 saturated carbocycles. The highest BCUT2D eigenvalue weighted by Crippen LogP contribution is 2.17. The van der Waals surface area contributed by atoms with Gasteiger partial charge in [0.1, 0.15) is 5.69 Å². The molecule has 2 heterocycles. The number of carbonyl (C=O) groups is 2. The summed E-state index contributed by atoms with van der Waals surface area (Å²) in [6.07, 6.45) is 0.987. The van der Waals surface area contributed by atoms with E-state index in [2.05, 4.69) is 15.7 Å². The Morgan fingerprint density at radius 2 is 2.39 bits per heavy atom. The van der Waals surface area contributed by atoms with Gasteiger partial charge < -0.3 is 16.4 Å². The van der Waals surface area contributed by atoms with E-state index in [1.807, 2.05) is 6.92 Å². The number of nitrogen functional groups attached to an aromatic ring is 1. The molecule has 1 saturated heterocycles. The Kier molecular flexibility index (Phi) is 3.22. The molecule has 7 nitrogen and oxygen atoms in total. The van der Waals surface area contributed by atoms with Gasteiger partial charge in [0.05, 0.1) is 17.4 Å². The average molecular weight is 251 g/mol. The van der Waals surface area contributed by atoms with E-state index in [0.29, 0.717) is 36.5 Å². The van der Waals surface area contributed by atoms with Gasteiger partial charge in [-0.25, -0.2) is 0 Å². The normalized spacial score (nSPS) is 18.8. The highest BCUT2D eigenvalue weighted by atomic mass is 16.2. The molecule has 0 aromatic carbocycles. The molecule has 1 unspecified atom stereocenters. The first-order valence-corrected chi connectivity index (χ1v) is 5.91. The van der Waals surface area contributed by atoms with Crippen LogP contribution in [0.25, 0.3) is 0 Å². The van der Waals surface area contributed by atoms with Crippen LogP contribution in [0.4, 0.5) is 5.69 Å². The molecule has 1 fully saturated rings. The summed E-state index contributed by atoms with van der Waals surface area (Å²) in [6, 6.07) is -0.177. The van der Waals surface area contributed by atoms with E-state index in [1.165, 1.54) is 4.68 Å². The number of rotatable bonds is 3. The van der Waals surface area contributed by atoms with Crippen LogP contribution in [0.3, 0.4) is 0 Å². The van der Waals surface area contributed by atoms with Crippen LogP contribution in [-0.2, 0) is 18.3 Å². The van der Waals surface area contributed by atoms with Crippen LogP contribution >= 0.6 is 0 Å². The number of anilines is 1. The molecule has 1 aliphatic rings. The zero-order valence-electron chi connectivity index (χ0n) is 10.5. The van der Waals surface area contributed by atoms with Crippen LogP contribution in [0.5, 0.6) is 0 Å². The van der Waals surface area contributed by atoms with Crippen LogP contribution in [0.15, 0.2) is 0 Å². The minimum absolute atomic E-state index is 0.0486. The van der Waals surface area contributed by atoms with Crippen molar-refractivity contribution in [2.75, 3.05) is 12.3 Å². The lowest BCUT2D eigenvalue weighted by Crippen LogP contribution is -2.37. The molecule has 0 radical (unpaired) electrons. The predicted octanol–water partition coefficient (Wildman–Crippen LogP) is -0.817. The van der Waals surface area contributed by atoms with Crippen LogP contribution in [0.2, 0.25) is 0 Å². The molecule has 1 aliphatic heterocycles. The van der Waals surface area contributed by atoms with Gasteiger partial charge in [0.2, 0.25) is 5.91 Å². The Bertz CT molecular complexity index is 494. The van der Waals surface area contributed by atoms with Gasteiger partial charge in [-0.05, 0) is 6.42 Å². The molecule has 2 amide bonds. The Hall–Kier alpha value is -2.05. The van der Waals surface area contributed by atoms with Crippen molar-refractivity contribution >= 4 is 17.5 Å². The maximum Gasteiger partial charge on any atom is 0.271 e. The van der Waals surface area contributed by atoms with Crippen molar-refractivity contribution < 1.29 is 9.59 Å². The number of nitrogens with two attached hydrogens (primary N) is 1. The van der Waals surface area contributed by atoms with Gasteiger partial charge in [-0.15, -0.1) is 0 Å². The molecule has 4 N–H and O–H groups in total. The van der Waals surface area contributed by atoms with Gasteiger partial charge in [-0.1, -0.05) is 6.92 Å². The largest absolute Gasteiger partial charge is 0.395 e. The van der Waals surface area contributed by atoms with Gasteiger partial charge >= 0.3 is 0 Å². The lowest BCUT2D eigenvalue weighted by atomic mass is 10.2. The van der Waals surface area contributed by atoms with E-state index in [1.54, 1.807) is 7.05 Å². The number of carbonyl (C=O) groups excluding carboxylic acids is 2. The summed E-state index contributed by atoms with van der Waals surface area (Å²) in [5, 5.41) is 9.63. The predicted molar refractivity (Wildman–Crippen MR) is 65.9 cm³/mol. The molecule has 0 bridgehead atoms. The fourth-order valence-corrected chi connectivity index (χ4v) is 2.09. The Balaban J connectivity index is 2.14. The standard InChI is InChI=1S/C11H17N5O2/c1-3-7-9(12)10(16(2)15-7)11(18)14-6-4-8(17)13-5-6/h6H,3-5,12H2,1-2H3,(H,13,17)(H,14,18). The van der Waals surface area contributed by atoms with Crippen molar-refractivity contribution in [1.82, 2.24) is 20.4 Å². The first kappa shape index (κ1) is 12.4. The van der Waals surface area contributed by atoms with Gasteiger partial charge in [-0.2, -0.15) is 5.10 Å². The topological polar surface area (TPSA) is 102 Å². The zero-order chi connectivity index (χ0) is 13.3. The monoisotopic (exact) mass is 251 g/mol. The van der Waals surface area contributed by atoms with Crippen LogP contribution in [-0.4, -0.2) is 34.2 Å². The van der Waals surface area contributed by atoms with E-state index in [-0.39, 0.29) is 17.9 Å². The fourth-order valence-electron chi connectivity index (χ4n) is 2.09. The second kappa shape index (κ2) is 4.67. The van der Waals surface area contributed by atoms with E-state index >= 15 is 0 Å². The summed E-state index contributed by atoms with van der Waals surface area (Å²) in [5.41, 5.74) is 7.37. The van der Waals surface area contributed by atoms with Crippen molar-refractivity contribution in [2.24, 2.45) is 7.05 Å². The second-order valence-electron chi connectivity index (χ2n) is 4.36. The highest BCUT2D eigenvalue weighted by molar-refractivity contribution is 5.98. The van der Waals surface area contributed by atoms with E-state index in [0.717, 1.165) is 0 Å². The summed E-state index contributed by atoms with van der Waals surface area (Å²) in [5.74, 6) is -0.337. The maximum atomic E-state index is 12.1. The number of nitrogens with one attached hydrogen (secondary N) is 2. The molecular weight excluding hydrogens is 234 g/mol. The molecular formula is C11H17N5O2. The van der Waals surface area contributed by atoms with Gasteiger partial charge in [0, 0.05) is 20.0 Å². The fraction of sp³-hybridized carbons (Fsp3) is 0.545. The summed E-state index contributed by atoms with van der Waals surface area (Å²) in [7, 11) is 1.68. The van der Waals surface area contributed by atoms with Crippen LogP contribution in [0.1, 0.15) is 29.5 Å². The molecule has 0 spiro atoms. The van der Waals surface area contributed by atoms with E-state index < -0.39 is 0 Å². The van der Waals surface area contributed by atoms with Crippen LogP contribution < -0.4 is 16.4 Å². The van der Waals surface area contributed by atoms with Gasteiger partial charge in [-0.3, -0.25) is 14.3 Å². The number of nitrogens with zero attached hydrogens (tertiary/aromatic N) is 2. The minimum Gasteiger partial charge on any atom is -0.395 e. The number of aromatic nitrogens is 2. The Labute approximate surface area is 105 Å². The lowest BCUT2D eigenvalue weighted by Gasteiger charge is -2.10. The van der Waals surface area contributed by atoms with Crippen molar-refractivity contribution in [3.8, 4) is 0 Å². The molecule has 1 aromatic rings. The summed E-state index contributed by atoms with van der Waals surface area (Å²) >= 11 is 0. The third-order valence-electron chi connectivity index (χ3n) is 3.02. The third kappa shape index (κ3) is 2.15. The molecule has 1 atom stereocenters. The lowest BCUT2D eigenvalue weighted by molar-refractivity contribution is -0.119. The molecule has 2 rings (SSSR count). The average Bonchev–Trinajstić information content (AvgIpc) is 2.83. The van der Waals surface area contributed by atoms with Crippen molar-refractivity contribution in [3.05, 3.63) is 11.4 Å². The molecule has 7 heteroatoms. The Morgan fingerprint density at radius 1 is 1.67 bits per heavy atom. The van der Waals surface area contributed by atoms with Crippen LogP contribution in [0, 0.1) is 0 Å². The first-order chi connectivity index (χ1) is 8.52. The third-order valence-corrected chi connectivity index (χ3v) is 3.02. The number of hydrogen-bond donors (Lipinski definition) is 3. The SMILES string of the molecule is CCc1nn(C)c(C(=O)NC2CNC(=O)C2)c1N. The van der Waals surface area contributed by atoms with E-state index in [4.69, 9.17) is 5.73 Å². The van der Waals surface area contributed by atoms with Gasteiger partial charge in [0.25, 0.3) is 5.91 Å². The van der Waals surface area contributed by atoms with Crippen molar-refractivity contribution in [3.63, 3.8) is 0 Å². The smallest absolute Gasteiger partial charge is 0.271 e. The zero-order valence-corrected chi connectivity index (χ0v) is 10.5. The van der Waals surface area contributed by atoms with Crippen molar-refractivity contribution in [1.29, 1.82) is 0 Å². The van der Waals surface area contributed by atoms with E-state index in [9.17, 15) is 9.59 Å². The number of hydrogen-bond acceptors (Lipinski definition) is 4. The molecule has 1 aromatic heterocycles. The second-order valence-corrected chi connectivity index (χ2v) is 4.36. The maximum absolute atomic E-state index is 12.1. The first-order valence-electron chi connectivity index (χ1n) is 5.91. The molecule has 0 aliphatic carbocycles. The number of aryl methyl sites for hydroxylation is 2. The molecule has 18 heavy (non-hydrogen) atoms. The van der Waals surface area contributed by atoms with Gasteiger partial charge in [0.15, 0.2) is 0 Å². The highest BCUT2D eigenvalue weighted by Gasteiger charge is 2.26. The number of amides is 2. The van der Waals surface area contributed by atoms with Crippen molar-refractivity contribution in [2.45, 2.75) is 25.8 Å². The summed E-state index contributed by atoms with van der Waals surface area (Å²) < 4.78 is 1.48. The summed E-state index contributed by atoms with van der Waals surface area (Å²) in [4.78, 5) is 23.1.